The zero-order valence-corrected chi connectivity index (χ0v) is 11.4. The van der Waals surface area contributed by atoms with Gasteiger partial charge in [0.2, 0.25) is 5.89 Å². The third kappa shape index (κ3) is 3.55. The molecule has 1 heterocycles. The van der Waals surface area contributed by atoms with E-state index in [2.05, 4.69) is 17.1 Å². The van der Waals surface area contributed by atoms with Crippen molar-refractivity contribution in [2.45, 2.75) is 64.2 Å². The molecule has 102 valence electrons. The lowest BCUT2D eigenvalue weighted by atomic mass is 9.97. The number of nitrogens with two attached hydrogens (primary N) is 1. The van der Waals surface area contributed by atoms with Gasteiger partial charge in [-0.3, -0.25) is 0 Å². The zero-order valence-electron chi connectivity index (χ0n) is 11.4. The summed E-state index contributed by atoms with van der Waals surface area (Å²) in [6.45, 7) is 2.99. The van der Waals surface area contributed by atoms with Crippen molar-refractivity contribution in [3.8, 4) is 0 Å². The molecule has 2 rings (SSSR count). The van der Waals surface area contributed by atoms with Crippen molar-refractivity contribution in [2.24, 2.45) is 11.7 Å². The second-order valence-electron chi connectivity index (χ2n) is 5.42. The van der Waals surface area contributed by atoms with Crippen LogP contribution in [0.2, 0.25) is 0 Å². The average Bonchev–Trinajstić information content (AvgIpc) is 3.04. The lowest BCUT2D eigenvalue weighted by molar-refractivity contribution is 0.348. The molecule has 0 radical (unpaired) electrons. The molecule has 1 fully saturated rings. The first kappa shape index (κ1) is 13.5. The fourth-order valence-electron chi connectivity index (χ4n) is 2.84. The van der Waals surface area contributed by atoms with E-state index in [0.29, 0.717) is 11.8 Å². The highest BCUT2D eigenvalue weighted by atomic mass is 16.5. The Labute approximate surface area is 109 Å². The third-order valence-electron chi connectivity index (χ3n) is 4.12. The van der Waals surface area contributed by atoms with Crippen molar-refractivity contribution in [1.82, 2.24) is 10.1 Å². The number of nitrogens with zero attached hydrogens (tertiary/aromatic N) is 2. The second kappa shape index (κ2) is 6.88. The van der Waals surface area contributed by atoms with Gasteiger partial charge in [-0.25, -0.2) is 0 Å². The number of rotatable bonds is 7. The molecular formula is C14H25N3O. The summed E-state index contributed by atoms with van der Waals surface area (Å²) in [6, 6.07) is 0. The van der Waals surface area contributed by atoms with Gasteiger partial charge >= 0.3 is 0 Å². The van der Waals surface area contributed by atoms with Crippen molar-refractivity contribution in [3.05, 3.63) is 11.7 Å². The quantitative estimate of drug-likeness (QED) is 0.809. The summed E-state index contributed by atoms with van der Waals surface area (Å²) in [6.07, 6.45) is 9.36. The van der Waals surface area contributed by atoms with E-state index < -0.39 is 0 Å². The maximum absolute atomic E-state index is 5.61. The molecule has 1 unspecified atom stereocenters. The first-order chi connectivity index (χ1) is 8.83. The first-order valence-corrected chi connectivity index (χ1v) is 7.36. The van der Waals surface area contributed by atoms with E-state index in [1.54, 1.807) is 0 Å². The van der Waals surface area contributed by atoms with Gasteiger partial charge in [-0.05, 0) is 38.1 Å². The topological polar surface area (TPSA) is 64.9 Å². The summed E-state index contributed by atoms with van der Waals surface area (Å²) < 4.78 is 5.36. The Bertz CT molecular complexity index is 345. The van der Waals surface area contributed by atoms with Crippen LogP contribution < -0.4 is 5.73 Å². The van der Waals surface area contributed by atoms with Crippen molar-refractivity contribution in [1.29, 1.82) is 0 Å². The predicted molar refractivity (Wildman–Crippen MR) is 71.3 cm³/mol. The van der Waals surface area contributed by atoms with Crippen LogP contribution in [0.3, 0.4) is 0 Å². The Morgan fingerprint density at radius 3 is 2.78 bits per heavy atom. The van der Waals surface area contributed by atoms with Gasteiger partial charge in [-0.1, -0.05) is 31.3 Å². The summed E-state index contributed by atoms with van der Waals surface area (Å²) in [5.41, 5.74) is 5.61. The molecule has 0 bridgehead atoms. The van der Waals surface area contributed by atoms with Gasteiger partial charge in [0.15, 0.2) is 5.82 Å². The molecule has 0 aliphatic heterocycles. The Balaban J connectivity index is 1.82. The summed E-state index contributed by atoms with van der Waals surface area (Å²) in [5, 5.41) is 4.14. The molecule has 1 saturated carbocycles. The van der Waals surface area contributed by atoms with E-state index in [1.165, 1.54) is 32.1 Å². The predicted octanol–water partition coefficient (Wildman–Crippen LogP) is 3.03. The zero-order chi connectivity index (χ0) is 12.8. The molecule has 2 N–H and O–H groups in total. The number of hydrogen-bond donors (Lipinski definition) is 1. The Kier molecular flexibility index (Phi) is 5.17. The van der Waals surface area contributed by atoms with Gasteiger partial charge in [0, 0.05) is 12.3 Å². The SMILES string of the molecule is CCC(CCN)CCc1nc(C2CCCC2)no1. The van der Waals surface area contributed by atoms with E-state index >= 15 is 0 Å². The minimum atomic E-state index is 0.550. The van der Waals surface area contributed by atoms with Crippen LogP contribution in [0.4, 0.5) is 0 Å². The van der Waals surface area contributed by atoms with Crippen LogP contribution in [-0.2, 0) is 6.42 Å². The molecule has 1 aliphatic carbocycles. The molecular weight excluding hydrogens is 226 g/mol. The smallest absolute Gasteiger partial charge is 0.226 e. The minimum Gasteiger partial charge on any atom is -0.339 e. The molecule has 0 amide bonds. The van der Waals surface area contributed by atoms with E-state index in [0.717, 1.165) is 37.5 Å². The van der Waals surface area contributed by atoms with Gasteiger partial charge < -0.3 is 10.3 Å². The van der Waals surface area contributed by atoms with Crippen LogP contribution in [0, 0.1) is 5.92 Å². The van der Waals surface area contributed by atoms with Crippen molar-refractivity contribution >= 4 is 0 Å². The van der Waals surface area contributed by atoms with Crippen LogP contribution in [0.25, 0.3) is 0 Å². The van der Waals surface area contributed by atoms with E-state index in [4.69, 9.17) is 10.3 Å². The van der Waals surface area contributed by atoms with Gasteiger partial charge in [0.1, 0.15) is 0 Å². The van der Waals surface area contributed by atoms with Crippen molar-refractivity contribution < 1.29 is 4.52 Å². The summed E-state index contributed by atoms with van der Waals surface area (Å²) in [7, 11) is 0. The molecule has 0 saturated heterocycles. The highest BCUT2D eigenvalue weighted by Crippen LogP contribution is 2.32. The molecule has 4 heteroatoms. The van der Waals surface area contributed by atoms with Crippen LogP contribution in [-0.4, -0.2) is 16.7 Å². The molecule has 4 nitrogen and oxygen atoms in total. The van der Waals surface area contributed by atoms with Crippen LogP contribution in [0.1, 0.15) is 69.5 Å². The van der Waals surface area contributed by atoms with Gasteiger partial charge in [0.05, 0.1) is 0 Å². The van der Waals surface area contributed by atoms with Gasteiger partial charge in [0.25, 0.3) is 0 Å². The largest absolute Gasteiger partial charge is 0.339 e. The van der Waals surface area contributed by atoms with Gasteiger partial charge in [-0.15, -0.1) is 0 Å². The standard InChI is InChI=1S/C14H25N3O/c1-2-11(9-10-15)7-8-13-16-14(17-18-13)12-5-3-4-6-12/h11-12H,2-10,15H2,1H3. The summed E-state index contributed by atoms with van der Waals surface area (Å²) in [4.78, 5) is 4.55. The van der Waals surface area contributed by atoms with Gasteiger partial charge in [-0.2, -0.15) is 4.98 Å². The maximum atomic E-state index is 5.61. The lowest BCUT2D eigenvalue weighted by Crippen LogP contribution is -2.09. The molecule has 1 atom stereocenters. The first-order valence-electron chi connectivity index (χ1n) is 7.36. The third-order valence-corrected chi connectivity index (χ3v) is 4.12. The van der Waals surface area contributed by atoms with Crippen LogP contribution >= 0.6 is 0 Å². The summed E-state index contributed by atoms with van der Waals surface area (Å²) in [5.74, 6) is 2.99. The number of hydrogen-bond acceptors (Lipinski definition) is 4. The van der Waals surface area contributed by atoms with Crippen LogP contribution in [0.15, 0.2) is 4.52 Å². The van der Waals surface area contributed by atoms with E-state index in [1.807, 2.05) is 0 Å². The van der Waals surface area contributed by atoms with Crippen molar-refractivity contribution in [3.63, 3.8) is 0 Å². The fraction of sp³-hybridized carbons (Fsp3) is 0.857. The molecule has 0 spiro atoms. The Morgan fingerprint density at radius 1 is 1.33 bits per heavy atom. The van der Waals surface area contributed by atoms with Crippen molar-refractivity contribution in [2.75, 3.05) is 6.54 Å². The van der Waals surface area contributed by atoms with E-state index in [9.17, 15) is 0 Å². The molecule has 18 heavy (non-hydrogen) atoms. The van der Waals surface area contributed by atoms with E-state index in [-0.39, 0.29) is 0 Å². The molecule has 1 aromatic heterocycles. The number of aryl methyl sites for hydroxylation is 1. The minimum absolute atomic E-state index is 0.550. The number of aromatic nitrogens is 2. The Morgan fingerprint density at radius 2 is 2.11 bits per heavy atom. The Hall–Kier alpha value is -0.900. The molecule has 0 aromatic carbocycles. The second-order valence-corrected chi connectivity index (χ2v) is 5.42. The normalized spacial score (nSPS) is 18.3. The highest BCUT2D eigenvalue weighted by Gasteiger charge is 2.22. The fourth-order valence-corrected chi connectivity index (χ4v) is 2.84. The maximum Gasteiger partial charge on any atom is 0.226 e. The average molecular weight is 251 g/mol. The molecule has 1 aromatic rings. The highest BCUT2D eigenvalue weighted by molar-refractivity contribution is 4.97. The monoisotopic (exact) mass is 251 g/mol. The molecule has 1 aliphatic rings. The lowest BCUT2D eigenvalue weighted by Gasteiger charge is -2.11. The summed E-state index contributed by atoms with van der Waals surface area (Å²) >= 11 is 0. The van der Waals surface area contributed by atoms with Crippen LogP contribution in [0.5, 0.6) is 0 Å².